The molecule has 0 radical (unpaired) electrons. The summed E-state index contributed by atoms with van der Waals surface area (Å²) in [7, 11) is 0. The molecule has 1 N–H and O–H groups in total. The second-order valence-electron chi connectivity index (χ2n) is 8.61. The molecule has 2 aromatic carbocycles. The van der Waals surface area contributed by atoms with Crippen LogP contribution in [0.15, 0.2) is 70.5 Å². The number of ether oxygens (including phenoxy) is 1. The first kappa shape index (κ1) is 21.8. The molecule has 3 aliphatic heterocycles. The van der Waals surface area contributed by atoms with E-state index >= 15 is 4.39 Å². The van der Waals surface area contributed by atoms with Gasteiger partial charge < -0.3 is 14.7 Å². The molecule has 0 saturated carbocycles. The zero-order chi connectivity index (χ0) is 24.1. The van der Waals surface area contributed by atoms with Crippen LogP contribution in [0.5, 0.6) is 11.5 Å². The number of rotatable bonds is 0. The smallest absolute Gasteiger partial charge is 0.277 e. The molecule has 0 saturated heterocycles. The number of carbonyl (C=O) groups excluding carboxylic acids is 1. The summed E-state index contributed by atoms with van der Waals surface area (Å²) >= 11 is 1.55. The van der Waals surface area contributed by atoms with Gasteiger partial charge in [-0.3, -0.25) is 19.3 Å². The van der Waals surface area contributed by atoms with E-state index in [1.165, 1.54) is 23.0 Å². The largest absolute Gasteiger partial charge is 0.502 e. The van der Waals surface area contributed by atoms with Gasteiger partial charge in [0.25, 0.3) is 5.91 Å². The van der Waals surface area contributed by atoms with Crippen molar-refractivity contribution in [1.29, 1.82) is 0 Å². The number of benzene rings is 2. The fourth-order valence-corrected chi connectivity index (χ4v) is 6.08. The van der Waals surface area contributed by atoms with Crippen molar-refractivity contribution in [2.24, 2.45) is 0 Å². The highest BCUT2D eigenvalue weighted by Crippen LogP contribution is 2.47. The Bertz CT molecular complexity index is 1440. The van der Waals surface area contributed by atoms with E-state index in [2.05, 4.69) is 0 Å². The van der Waals surface area contributed by atoms with Crippen LogP contribution in [0.25, 0.3) is 0 Å². The van der Waals surface area contributed by atoms with Crippen LogP contribution in [0.2, 0.25) is 0 Å². The van der Waals surface area contributed by atoms with E-state index in [1.54, 1.807) is 22.7 Å². The second-order valence-corrected chi connectivity index (χ2v) is 9.63. The van der Waals surface area contributed by atoms with E-state index in [0.29, 0.717) is 42.2 Å². The zero-order valence-electron chi connectivity index (χ0n) is 18.7. The fraction of sp³-hybridized carbons (Fsp3) is 0.231. The maximum absolute atomic E-state index is 15.3. The number of amides is 1. The zero-order valence-corrected chi connectivity index (χ0v) is 19.5. The lowest BCUT2D eigenvalue weighted by Gasteiger charge is -2.44. The highest BCUT2D eigenvalue weighted by Gasteiger charge is 2.40. The summed E-state index contributed by atoms with van der Waals surface area (Å²) in [5.74, 6) is -0.367. The molecule has 1 atom stereocenters. The normalized spacial score (nSPS) is 19.8. The first-order valence-electron chi connectivity index (χ1n) is 11.4. The van der Waals surface area contributed by atoms with Crippen molar-refractivity contribution >= 4 is 17.7 Å². The number of hydrogen-bond donors (Lipinski definition) is 1. The van der Waals surface area contributed by atoms with Crippen molar-refractivity contribution < 1.29 is 19.0 Å². The summed E-state index contributed by atoms with van der Waals surface area (Å²) in [4.78, 5) is 28.3. The van der Waals surface area contributed by atoms with Gasteiger partial charge in [-0.25, -0.2) is 4.39 Å². The number of aromatic hydroxyl groups is 1. The molecule has 4 heterocycles. The van der Waals surface area contributed by atoms with Crippen LogP contribution in [0.3, 0.4) is 0 Å². The van der Waals surface area contributed by atoms with Crippen LogP contribution in [0, 0.1) is 5.82 Å². The molecule has 0 unspecified atom stereocenters. The second kappa shape index (κ2) is 8.49. The summed E-state index contributed by atoms with van der Waals surface area (Å²) in [5, 5.41) is 12.6. The molecular formula is C26H22FN3O4S. The summed E-state index contributed by atoms with van der Waals surface area (Å²) in [5.41, 5.74) is 1.41. The van der Waals surface area contributed by atoms with Crippen LogP contribution >= 0.6 is 11.8 Å². The monoisotopic (exact) mass is 491 g/mol. The average molecular weight is 492 g/mol. The molecule has 1 aromatic heterocycles. The third-order valence-electron chi connectivity index (χ3n) is 6.62. The van der Waals surface area contributed by atoms with Crippen LogP contribution in [0.1, 0.15) is 39.6 Å². The summed E-state index contributed by atoms with van der Waals surface area (Å²) < 4.78 is 23.0. The first-order valence-corrected chi connectivity index (χ1v) is 12.3. The lowest BCUT2D eigenvalue weighted by atomic mass is 9.93. The van der Waals surface area contributed by atoms with E-state index in [0.717, 1.165) is 10.5 Å². The number of thioether (sulfide) groups is 1. The number of carbonyl (C=O) groups is 1. The molecule has 0 aliphatic carbocycles. The minimum Gasteiger partial charge on any atom is -0.502 e. The summed E-state index contributed by atoms with van der Waals surface area (Å²) in [6, 6.07) is 11.6. The summed E-state index contributed by atoms with van der Waals surface area (Å²) in [6.45, 7) is 0.888. The van der Waals surface area contributed by atoms with E-state index in [9.17, 15) is 14.7 Å². The van der Waals surface area contributed by atoms with E-state index in [1.807, 2.05) is 41.4 Å². The van der Waals surface area contributed by atoms with E-state index < -0.39 is 23.1 Å². The topological polar surface area (TPSA) is 75.0 Å². The molecule has 7 nitrogen and oxygen atoms in total. The van der Waals surface area contributed by atoms with Crippen molar-refractivity contribution in [3.05, 3.63) is 99.2 Å². The highest BCUT2D eigenvalue weighted by molar-refractivity contribution is 7.98. The van der Waals surface area contributed by atoms with Gasteiger partial charge in [-0.15, -0.1) is 11.8 Å². The Morgan fingerprint density at radius 1 is 1.09 bits per heavy atom. The Morgan fingerprint density at radius 2 is 1.94 bits per heavy atom. The Morgan fingerprint density at radius 3 is 2.83 bits per heavy atom. The van der Waals surface area contributed by atoms with E-state index in [4.69, 9.17) is 4.74 Å². The van der Waals surface area contributed by atoms with Gasteiger partial charge in [-0.2, -0.15) is 0 Å². The van der Waals surface area contributed by atoms with Gasteiger partial charge in [-0.05, 0) is 30.2 Å². The first-order chi connectivity index (χ1) is 17.0. The molecular weight excluding hydrogens is 469 g/mol. The lowest BCUT2D eigenvalue weighted by Crippen LogP contribution is -2.55. The predicted octanol–water partition coefficient (Wildman–Crippen LogP) is 3.78. The van der Waals surface area contributed by atoms with Gasteiger partial charge in [0.15, 0.2) is 11.4 Å². The van der Waals surface area contributed by atoms with E-state index in [-0.39, 0.29) is 18.2 Å². The molecule has 0 fully saturated rings. The maximum atomic E-state index is 15.3. The SMILES string of the molecule is O=C1c2c(O)c(=O)ccn2N2CN1CC/C=C\COc1ccc(F)c3c1[C@@H]2c1ccccc1SC3. The molecule has 6 rings (SSSR count). The van der Waals surface area contributed by atoms with Crippen molar-refractivity contribution in [3.63, 3.8) is 0 Å². The lowest BCUT2D eigenvalue weighted by molar-refractivity contribution is 0.0682. The van der Waals surface area contributed by atoms with Gasteiger partial charge in [0, 0.05) is 40.6 Å². The number of pyridine rings is 1. The molecule has 178 valence electrons. The van der Waals surface area contributed by atoms with Crippen LogP contribution in [-0.4, -0.2) is 40.4 Å². The number of halogens is 1. The van der Waals surface area contributed by atoms with Crippen molar-refractivity contribution in [3.8, 4) is 11.5 Å². The quantitative estimate of drug-likeness (QED) is 0.483. The molecule has 3 aromatic rings. The van der Waals surface area contributed by atoms with Gasteiger partial charge in [0.2, 0.25) is 5.43 Å². The fourth-order valence-electron chi connectivity index (χ4n) is 4.96. The number of hydrogen-bond acceptors (Lipinski definition) is 6. The van der Waals surface area contributed by atoms with Gasteiger partial charge in [-0.1, -0.05) is 30.4 Å². The maximum Gasteiger partial charge on any atom is 0.277 e. The third-order valence-corrected chi connectivity index (χ3v) is 7.74. The molecule has 1 amide bonds. The molecule has 9 heteroatoms. The molecule has 2 bridgehead atoms. The molecule has 35 heavy (non-hydrogen) atoms. The standard InChI is InChI=1S/C26H22FN3O4S/c27-18-8-9-20-22-17(18)14-35-21-7-3-2-6-16(21)23(22)30-15-28(11-4-1-5-13-34-20)26(33)24-25(32)19(31)10-12-29(24)30/h1-3,5-10,12,23,32H,4,11,13-15H2/b5-1-/t23-/m0/s1. The van der Waals surface area contributed by atoms with Crippen LogP contribution in [0.4, 0.5) is 4.39 Å². The molecule has 3 aliphatic rings. The highest BCUT2D eigenvalue weighted by atomic mass is 32.2. The predicted molar refractivity (Wildman–Crippen MR) is 130 cm³/mol. The van der Waals surface area contributed by atoms with Crippen molar-refractivity contribution in [2.45, 2.75) is 23.1 Å². The number of aromatic nitrogens is 1. The Balaban J connectivity index is 1.69. The average Bonchev–Trinajstić information content (AvgIpc) is 3.03. The summed E-state index contributed by atoms with van der Waals surface area (Å²) in [6.07, 6.45) is 5.89. The van der Waals surface area contributed by atoms with Gasteiger partial charge in [0.1, 0.15) is 30.9 Å². The third kappa shape index (κ3) is 3.49. The Labute approximate surface area is 205 Å². The van der Waals surface area contributed by atoms with Crippen LogP contribution in [-0.2, 0) is 5.75 Å². The minimum absolute atomic E-state index is 0.0976. The van der Waals surface area contributed by atoms with Crippen molar-refractivity contribution in [1.82, 2.24) is 9.58 Å². The Kier molecular flexibility index (Phi) is 5.29. The van der Waals surface area contributed by atoms with Crippen molar-refractivity contribution in [2.75, 3.05) is 24.8 Å². The Hall–Kier alpha value is -3.72. The molecule has 0 spiro atoms. The van der Waals surface area contributed by atoms with Gasteiger partial charge in [0.05, 0.1) is 0 Å². The minimum atomic E-state index is -0.625. The van der Waals surface area contributed by atoms with Gasteiger partial charge >= 0.3 is 0 Å². The number of nitrogens with zero attached hydrogens (tertiary/aromatic N) is 3. The van der Waals surface area contributed by atoms with Crippen LogP contribution < -0.4 is 15.2 Å². The number of fused-ring (bicyclic) bond motifs is 7.